The van der Waals surface area contributed by atoms with Crippen LogP contribution in [0.3, 0.4) is 0 Å². The predicted molar refractivity (Wildman–Crippen MR) is 139 cm³/mol. The number of benzene rings is 2. The molecule has 1 heterocycles. The minimum absolute atomic E-state index is 0.0711. The first-order valence-corrected chi connectivity index (χ1v) is 13.7. The van der Waals surface area contributed by atoms with Gasteiger partial charge < -0.3 is 10.2 Å². The highest BCUT2D eigenvalue weighted by Crippen LogP contribution is 2.26. The van der Waals surface area contributed by atoms with Gasteiger partial charge in [0.15, 0.2) is 0 Å². The van der Waals surface area contributed by atoms with Crippen molar-refractivity contribution >= 4 is 23.6 Å². The van der Waals surface area contributed by atoms with Gasteiger partial charge in [0.25, 0.3) is 5.91 Å². The van der Waals surface area contributed by atoms with Gasteiger partial charge in [0, 0.05) is 43.7 Å². The summed E-state index contributed by atoms with van der Waals surface area (Å²) in [6.45, 7) is 2.57. The second-order valence-corrected chi connectivity index (χ2v) is 10.7. The van der Waals surface area contributed by atoms with E-state index in [0.29, 0.717) is 17.4 Å². The number of halogens is 1. The minimum atomic E-state index is -0.214. The minimum Gasteiger partial charge on any atom is -0.349 e. The summed E-state index contributed by atoms with van der Waals surface area (Å²) >= 11 is 1.45. The number of nitrogens with zero attached hydrogens (tertiary/aromatic N) is 2. The number of hydrogen-bond donors (Lipinski definition) is 1. The highest BCUT2D eigenvalue weighted by molar-refractivity contribution is 8.00. The molecule has 1 aliphatic carbocycles. The largest absolute Gasteiger partial charge is 0.349 e. The summed E-state index contributed by atoms with van der Waals surface area (Å²) in [5, 5.41) is 3.21. The normalized spacial score (nSPS) is 17.8. The molecule has 4 rings (SSSR count). The highest BCUT2D eigenvalue weighted by Gasteiger charge is 2.24. The van der Waals surface area contributed by atoms with Gasteiger partial charge >= 0.3 is 0 Å². The zero-order chi connectivity index (χ0) is 24.6. The van der Waals surface area contributed by atoms with Crippen LogP contribution in [0.15, 0.2) is 53.4 Å². The second kappa shape index (κ2) is 12.5. The van der Waals surface area contributed by atoms with E-state index in [1.807, 2.05) is 48.3 Å². The predicted octanol–water partition coefficient (Wildman–Crippen LogP) is 5.10. The van der Waals surface area contributed by atoms with E-state index in [-0.39, 0.29) is 23.7 Å². The van der Waals surface area contributed by atoms with Gasteiger partial charge in [0.2, 0.25) is 5.91 Å². The number of amides is 2. The maximum atomic E-state index is 13.1. The van der Waals surface area contributed by atoms with Crippen molar-refractivity contribution in [2.24, 2.45) is 0 Å². The molecular formula is C28H36FN3O2S. The molecule has 2 amide bonds. The highest BCUT2D eigenvalue weighted by atomic mass is 32.2. The standard InChI is InChI=1S/C28H36FN3O2S/c1-31(24-7-3-2-4-8-24)27(33)20-35-26-10-6-5-9-25(26)28(34)30-23-15-17-32(18-16-23)19-21-11-13-22(29)14-12-21/h5-6,9-14,23-24H,2-4,7-8,15-20H2,1H3,(H,30,34). The Labute approximate surface area is 212 Å². The zero-order valence-corrected chi connectivity index (χ0v) is 21.4. The first-order chi connectivity index (χ1) is 17.0. The first kappa shape index (κ1) is 25.7. The summed E-state index contributed by atoms with van der Waals surface area (Å²) < 4.78 is 13.1. The van der Waals surface area contributed by atoms with Crippen molar-refractivity contribution in [3.8, 4) is 0 Å². The third-order valence-electron chi connectivity index (χ3n) is 7.24. The van der Waals surface area contributed by atoms with Gasteiger partial charge in [0.1, 0.15) is 5.82 Å². The van der Waals surface area contributed by atoms with Crippen LogP contribution in [-0.4, -0.2) is 59.6 Å². The quantitative estimate of drug-likeness (QED) is 0.516. The van der Waals surface area contributed by atoms with Gasteiger partial charge in [-0.3, -0.25) is 14.5 Å². The average Bonchev–Trinajstić information content (AvgIpc) is 2.90. The van der Waals surface area contributed by atoms with Crippen molar-refractivity contribution in [1.82, 2.24) is 15.1 Å². The Balaban J connectivity index is 1.26. The van der Waals surface area contributed by atoms with Crippen LogP contribution < -0.4 is 5.32 Å². The van der Waals surface area contributed by atoms with Crippen molar-refractivity contribution in [3.63, 3.8) is 0 Å². The summed E-state index contributed by atoms with van der Waals surface area (Å²) in [5.74, 6) is 0.192. The Bertz CT molecular complexity index is 986. The average molecular weight is 498 g/mol. The molecule has 0 radical (unpaired) electrons. The molecule has 35 heavy (non-hydrogen) atoms. The third-order valence-corrected chi connectivity index (χ3v) is 8.30. The fourth-order valence-corrected chi connectivity index (χ4v) is 6.01. The summed E-state index contributed by atoms with van der Waals surface area (Å²) in [5.41, 5.74) is 1.74. The van der Waals surface area contributed by atoms with Crippen LogP contribution in [0, 0.1) is 5.82 Å². The molecule has 2 aromatic rings. The van der Waals surface area contributed by atoms with Crippen molar-refractivity contribution in [2.75, 3.05) is 25.9 Å². The molecule has 0 atom stereocenters. The molecule has 1 aliphatic heterocycles. The fraction of sp³-hybridized carbons (Fsp3) is 0.500. The number of thioether (sulfide) groups is 1. The van der Waals surface area contributed by atoms with Crippen LogP contribution in [0.4, 0.5) is 4.39 Å². The van der Waals surface area contributed by atoms with Crippen molar-refractivity contribution in [3.05, 3.63) is 65.5 Å². The lowest BCUT2D eigenvalue weighted by atomic mass is 9.94. The summed E-state index contributed by atoms with van der Waals surface area (Å²) in [7, 11) is 1.92. The number of likely N-dealkylation sites (tertiary alicyclic amines) is 1. The zero-order valence-electron chi connectivity index (χ0n) is 20.5. The van der Waals surface area contributed by atoms with Gasteiger partial charge in [-0.1, -0.05) is 43.5 Å². The Morgan fingerprint density at radius 3 is 2.40 bits per heavy atom. The molecule has 1 N–H and O–H groups in total. The number of carbonyl (C=O) groups excluding carboxylic acids is 2. The molecule has 5 nitrogen and oxygen atoms in total. The van der Waals surface area contributed by atoms with Crippen LogP contribution in [0.1, 0.15) is 60.9 Å². The van der Waals surface area contributed by atoms with E-state index in [1.54, 1.807) is 0 Å². The molecule has 1 saturated carbocycles. The van der Waals surface area contributed by atoms with Gasteiger partial charge in [0.05, 0.1) is 11.3 Å². The maximum Gasteiger partial charge on any atom is 0.252 e. The smallest absolute Gasteiger partial charge is 0.252 e. The van der Waals surface area contributed by atoms with E-state index in [2.05, 4.69) is 10.2 Å². The topological polar surface area (TPSA) is 52.7 Å². The Kier molecular flexibility index (Phi) is 9.21. The van der Waals surface area contributed by atoms with E-state index in [4.69, 9.17) is 0 Å². The molecule has 0 unspecified atom stereocenters. The molecular weight excluding hydrogens is 461 g/mol. The lowest BCUT2D eigenvalue weighted by Crippen LogP contribution is -2.44. The number of rotatable bonds is 8. The molecule has 0 bridgehead atoms. The number of hydrogen-bond acceptors (Lipinski definition) is 4. The van der Waals surface area contributed by atoms with Gasteiger partial charge in [-0.2, -0.15) is 0 Å². The molecule has 188 valence electrons. The molecule has 0 spiro atoms. The summed E-state index contributed by atoms with van der Waals surface area (Å²) in [4.78, 5) is 31.0. The van der Waals surface area contributed by atoms with E-state index >= 15 is 0 Å². The molecule has 0 aromatic heterocycles. The van der Waals surface area contributed by atoms with Crippen LogP contribution in [0.25, 0.3) is 0 Å². The van der Waals surface area contributed by atoms with E-state index in [1.165, 1.54) is 43.2 Å². The Hall–Kier alpha value is -2.38. The van der Waals surface area contributed by atoms with Crippen LogP contribution >= 0.6 is 11.8 Å². The molecule has 1 saturated heterocycles. The summed E-state index contributed by atoms with van der Waals surface area (Å²) in [6, 6.07) is 14.7. The lowest BCUT2D eigenvalue weighted by Gasteiger charge is -2.32. The van der Waals surface area contributed by atoms with Gasteiger partial charge in [-0.05, 0) is 55.5 Å². The van der Waals surface area contributed by atoms with E-state index < -0.39 is 0 Å². The third kappa shape index (κ3) is 7.31. The Morgan fingerprint density at radius 2 is 1.69 bits per heavy atom. The molecule has 2 aliphatic rings. The first-order valence-electron chi connectivity index (χ1n) is 12.7. The van der Waals surface area contributed by atoms with Crippen LogP contribution in [0.2, 0.25) is 0 Å². The number of nitrogens with one attached hydrogen (secondary N) is 1. The second-order valence-electron chi connectivity index (χ2n) is 9.73. The molecule has 7 heteroatoms. The van der Waals surface area contributed by atoms with Crippen molar-refractivity contribution < 1.29 is 14.0 Å². The summed E-state index contributed by atoms with van der Waals surface area (Å²) in [6.07, 6.45) is 7.61. The fourth-order valence-electron chi connectivity index (χ4n) is 5.04. The maximum absolute atomic E-state index is 13.1. The number of carbonyl (C=O) groups is 2. The van der Waals surface area contributed by atoms with Crippen molar-refractivity contribution in [2.45, 2.75) is 68.5 Å². The van der Waals surface area contributed by atoms with Crippen LogP contribution in [0.5, 0.6) is 0 Å². The van der Waals surface area contributed by atoms with Crippen molar-refractivity contribution in [1.29, 1.82) is 0 Å². The van der Waals surface area contributed by atoms with E-state index in [9.17, 15) is 14.0 Å². The van der Waals surface area contributed by atoms with Crippen LogP contribution in [-0.2, 0) is 11.3 Å². The monoisotopic (exact) mass is 497 g/mol. The van der Waals surface area contributed by atoms with Gasteiger partial charge in [-0.15, -0.1) is 11.8 Å². The Morgan fingerprint density at radius 1 is 1.00 bits per heavy atom. The SMILES string of the molecule is CN(C(=O)CSc1ccccc1C(=O)NC1CCN(Cc2ccc(F)cc2)CC1)C1CCCCC1. The lowest BCUT2D eigenvalue weighted by molar-refractivity contribution is -0.129. The molecule has 2 aromatic carbocycles. The molecule has 2 fully saturated rings. The van der Waals surface area contributed by atoms with Gasteiger partial charge in [-0.25, -0.2) is 4.39 Å². The van der Waals surface area contributed by atoms with E-state index in [0.717, 1.165) is 55.8 Å². The number of piperidine rings is 1.